The Morgan fingerprint density at radius 1 is 1.31 bits per heavy atom. The molecule has 3 rings (SSSR count). The molecule has 1 aromatic rings. The molecule has 2 aliphatic heterocycles. The Balaban J connectivity index is 0.000000963. The van der Waals surface area contributed by atoms with Crippen LogP contribution < -0.4 is 21.9 Å². The van der Waals surface area contributed by atoms with Gasteiger partial charge in [-0.15, -0.1) is 0 Å². The molecule has 4 nitrogen and oxygen atoms in total. The van der Waals surface area contributed by atoms with Gasteiger partial charge in [-0.25, -0.2) is 0 Å². The summed E-state index contributed by atoms with van der Waals surface area (Å²) in [5, 5.41) is 9.99. The fourth-order valence-corrected chi connectivity index (χ4v) is 2.11. The lowest BCUT2D eigenvalue weighted by molar-refractivity contribution is -0.0000169. The highest BCUT2D eigenvalue weighted by Crippen LogP contribution is 2.39. The molecule has 0 spiro atoms. The first kappa shape index (κ1) is 11.5. The number of rotatable bonds is 0. The van der Waals surface area contributed by atoms with Crippen molar-refractivity contribution in [2.24, 2.45) is 0 Å². The number of ether oxygens (including phenoxy) is 2. The standard InChI is InChI=1S/C11H13NO3.ClH/c1-12-3-2-7-4-9-10(15-6-14-9)5-8(7)11(12)13;/h4-5,11,13H,2-3,6H2,1H3;1H/p-1. The molecular formula is C11H13ClNO3-. The minimum atomic E-state index is -0.525. The fourth-order valence-electron chi connectivity index (χ4n) is 2.11. The van der Waals surface area contributed by atoms with Gasteiger partial charge in [-0.3, -0.25) is 4.90 Å². The molecule has 0 bridgehead atoms. The molecule has 0 aromatic heterocycles. The summed E-state index contributed by atoms with van der Waals surface area (Å²) in [6, 6.07) is 3.87. The summed E-state index contributed by atoms with van der Waals surface area (Å²) in [6.07, 6.45) is 0.419. The van der Waals surface area contributed by atoms with Gasteiger partial charge in [-0.1, -0.05) is 0 Å². The van der Waals surface area contributed by atoms with Crippen LogP contribution in [0.5, 0.6) is 11.5 Å². The van der Waals surface area contributed by atoms with Gasteiger partial charge in [0, 0.05) is 12.1 Å². The maximum atomic E-state index is 9.99. The van der Waals surface area contributed by atoms with Gasteiger partial charge in [0.05, 0.1) is 0 Å². The molecule has 0 radical (unpaired) electrons. The van der Waals surface area contributed by atoms with Crippen LogP contribution in [0.1, 0.15) is 17.4 Å². The molecule has 16 heavy (non-hydrogen) atoms. The molecule has 0 saturated carbocycles. The van der Waals surface area contributed by atoms with Crippen molar-refractivity contribution in [2.45, 2.75) is 12.6 Å². The van der Waals surface area contributed by atoms with Crippen molar-refractivity contribution in [3.8, 4) is 11.5 Å². The smallest absolute Gasteiger partial charge is 0.231 e. The fraction of sp³-hybridized carbons (Fsp3) is 0.455. The number of aliphatic hydroxyl groups excluding tert-OH is 1. The molecular weight excluding hydrogens is 230 g/mol. The molecule has 88 valence electrons. The molecule has 0 saturated heterocycles. The first-order valence-corrected chi connectivity index (χ1v) is 5.06. The Bertz CT molecular complexity index is 410. The van der Waals surface area contributed by atoms with Gasteiger partial charge in [0.1, 0.15) is 6.23 Å². The first-order valence-electron chi connectivity index (χ1n) is 5.06. The highest BCUT2D eigenvalue weighted by Gasteiger charge is 2.26. The maximum absolute atomic E-state index is 9.99. The van der Waals surface area contributed by atoms with Gasteiger partial charge in [-0.2, -0.15) is 0 Å². The van der Waals surface area contributed by atoms with E-state index in [4.69, 9.17) is 9.47 Å². The van der Waals surface area contributed by atoms with Crippen LogP contribution in [0, 0.1) is 0 Å². The summed E-state index contributed by atoms with van der Waals surface area (Å²) in [7, 11) is 1.91. The number of fused-ring (bicyclic) bond motifs is 2. The number of aliphatic hydroxyl groups is 1. The van der Waals surface area contributed by atoms with E-state index in [0.29, 0.717) is 0 Å². The van der Waals surface area contributed by atoms with Gasteiger partial charge in [0.15, 0.2) is 11.5 Å². The zero-order valence-corrected chi connectivity index (χ0v) is 9.70. The molecule has 5 heteroatoms. The van der Waals surface area contributed by atoms with Crippen molar-refractivity contribution in [1.29, 1.82) is 0 Å². The third-order valence-corrected chi connectivity index (χ3v) is 3.06. The number of nitrogens with zero attached hydrogens (tertiary/aromatic N) is 1. The highest BCUT2D eigenvalue weighted by atomic mass is 35.5. The van der Waals surface area contributed by atoms with Gasteiger partial charge >= 0.3 is 0 Å². The summed E-state index contributed by atoms with van der Waals surface area (Å²) in [5.74, 6) is 1.54. The lowest BCUT2D eigenvalue weighted by Crippen LogP contribution is -3.00. The highest BCUT2D eigenvalue weighted by molar-refractivity contribution is 5.50. The summed E-state index contributed by atoms with van der Waals surface area (Å²) < 4.78 is 10.6. The Hall–Kier alpha value is -0.970. The van der Waals surface area contributed by atoms with E-state index in [1.54, 1.807) is 0 Å². The maximum Gasteiger partial charge on any atom is 0.231 e. The van der Waals surface area contributed by atoms with Crippen molar-refractivity contribution < 1.29 is 27.0 Å². The van der Waals surface area contributed by atoms with Crippen LogP contribution in [0.4, 0.5) is 0 Å². The van der Waals surface area contributed by atoms with Crippen LogP contribution in [0.2, 0.25) is 0 Å². The quantitative estimate of drug-likeness (QED) is 0.566. The minimum Gasteiger partial charge on any atom is -1.00 e. The number of likely N-dealkylation sites (N-methyl/N-ethyl adjacent to an activating group) is 1. The van der Waals surface area contributed by atoms with Crippen molar-refractivity contribution in [2.75, 3.05) is 20.4 Å². The number of halogens is 1. The van der Waals surface area contributed by atoms with E-state index in [1.165, 1.54) is 0 Å². The Morgan fingerprint density at radius 3 is 2.75 bits per heavy atom. The molecule has 1 atom stereocenters. The Kier molecular flexibility index (Phi) is 2.97. The molecule has 0 aliphatic carbocycles. The summed E-state index contributed by atoms with van der Waals surface area (Å²) >= 11 is 0. The van der Waals surface area contributed by atoms with E-state index in [9.17, 15) is 5.11 Å². The topological polar surface area (TPSA) is 41.9 Å². The van der Waals surface area contributed by atoms with E-state index in [0.717, 1.165) is 35.6 Å². The zero-order valence-electron chi connectivity index (χ0n) is 8.94. The first-order chi connectivity index (χ1) is 7.25. The van der Waals surface area contributed by atoms with E-state index in [2.05, 4.69) is 0 Å². The van der Waals surface area contributed by atoms with Gasteiger partial charge < -0.3 is 27.0 Å². The predicted molar refractivity (Wildman–Crippen MR) is 53.9 cm³/mol. The van der Waals surface area contributed by atoms with Crippen molar-refractivity contribution in [1.82, 2.24) is 4.90 Å². The molecule has 2 aliphatic rings. The van der Waals surface area contributed by atoms with Crippen LogP contribution in [-0.2, 0) is 6.42 Å². The largest absolute Gasteiger partial charge is 1.00 e. The van der Waals surface area contributed by atoms with Crippen molar-refractivity contribution >= 4 is 0 Å². The SMILES string of the molecule is CN1CCc2cc3c(cc2C1O)OCO3.[Cl-]. The molecule has 1 unspecified atom stereocenters. The van der Waals surface area contributed by atoms with Crippen molar-refractivity contribution in [3.05, 3.63) is 23.3 Å². The minimum absolute atomic E-state index is 0. The lowest BCUT2D eigenvalue weighted by atomic mass is 9.98. The second-order valence-electron chi connectivity index (χ2n) is 4.01. The number of hydrogen-bond acceptors (Lipinski definition) is 4. The average Bonchev–Trinajstić information content (AvgIpc) is 2.68. The van der Waals surface area contributed by atoms with Crippen LogP contribution >= 0.6 is 0 Å². The van der Waals surface area contributed by atoms with Crippen molar-refractivity contribution in [3.63, 3.8) is 0 Å². The molecule has 1 aromatic carbocycles. The second kappa shape index (κ2) is 4.13. The van der Waals surface area contributed by atoms with Gasteiger partial charge in [-0.05, 0) is 31.2 Å². The zero-order chi connectivity index (χ0) is 10.4. The van der Waals surface area contributed by atoms with Crippen LogP contribution in [0.15, 0.2) is 12.1 Å². The predicted octanol–water partition coefficient (Wildman–Crippen LogP) is -2.10. The Morgan fingerprint density at radius 2 is 2.00 bits per heavy atom. The van der Waals surface area contributed by atoms with E-state index in [1.807, 2.05) is 24.1 Å². The van der Waals surface area contributed by atoms with Crippen LogP contribution in [0.3, 0.4) is 0 Å². The van der Waals surface area contributed by atoms with Crippen LogP contribution in [0.25, 0.3) is 0 Å². The molecule has 0 amide bonds. The average molecular weight is 243 g/mol. The summed E-state index contributed by atoms with van der Waals surface area (Å²) in [6.45, 7) is 1.15. The molecule has 0 fully saturated rings. The van der Waals surface area contributed by atoms with E-state index >= 15 is 0 Å². The number of benzene rings is 1. The summed E-state index contributed by atoms with van der Waals surface area (Å²) in [4.78, 5) is 1.92. The van der Waals surface area contributed by atoms with Gasteiger partial charge in [0.25, 0.3) is 0 Å². The van der Waals surface area contributed by atoms with Gasteiger partial charge in [0.2, 0.25) is 6.79 Å². The monoisotopic (exact) mass is 242 g/mol. The van der Waals surface area contributed by atoms with E-state index in [-0.39, 0.29) is 19.2 Å². The van der Waals surface area contributed by atoms with Crippen LogP contribution in [-0.4, -0.2) is 30.4 Å². The third kappa shape index (κ3) is 1.63. The molecule has 2 heterocycles. The Labute approximate surface area is 100 Å². The lowest BCUT2D eigenvalue weighted by Gasteiger charge is -2.30. The normalized spacial score (nSPS) is 22.5. The third-order valence-electron chi connectivity index (χ3n) is 3.06. The summed E-state index contributed by atoms with van der Waals surface area (Å²) in [5.41, 5.74) is 2.10. The number of hydrogen-bond donors (Lipinski definition) is 1. The second-order valence-corrected chi connectivity index (χ2v) is 4.01. The van der Waals surface area contributed by atoms with E-state index < -0.39 is 6.23 Å². The molecule has 1 N–H and O–H groups in total.